The van der Waals surface area contributed by atoms with Crippen molar-refractivity contribution in [3.63, 3.8) is 0 Å². The van der Waals surface area contributed by atoms with E-state index < -0.39 is 5.97 Å². The van der Waals surface area contributed by atoms with Gasteiger partial charge in [-0.05, 0) is 36.6 Å². The highest BCUT2D eigenvalue weighted by Gasteiger charge is 2.16. The Labute approximate surface area is 135 Å². The zero-order valence-electron chi connectivity index (χ0n) is 13.1. The molecule has 1 N–H and O–H groups in total. The van der Waals surface area contributed by atoms with E-state index in [1.165, 1.54) is 6.08 Å². The molecule has 1 saturated heterocycles. The molecule has 1 fully saturated rings. The number of benzene rings is 1. The summed E-state index contributed by atoms with van der Waals surface area (Å²) < 4.78 is 15.4. The number of carbonyl (C=O) groups excluding carboxylic acids is 2. The van der Waals surface area contributed by atoms with Crippen molar-refractivity contribution in [3.8, 4) is 5.75 Å². The van der Waals surface area contributed by atoms with Gasteiger partial charge in [0.25, 0.3) is 5.91 Å². The van der Waals surface area contributed by atoms with E-state index in [0.717, 1.165) is 25.0 Å². The first kappa shape index (κ1) is 17.0. The second kappa shape index (κ2) is 8.95. The molecule has 1 heterocycles. The van der Waals surface area contributed by atoms with Crippen molar-refractivity contribution >= 4 is 18.0 Å². The molecule has 1 atom stereocenters. The van der Waals surface area contributed by atoms with Crippen LogP contribution in [-0.2, 0) is 19.1 Å². The molecule has 1 aromatic carbocycles. The molecule has 0 unspecified atom stereocenters. The molecule has 1 aromatic rings. The first-order chi connectivity index (χ1) is 11.2. The quantitative estimate of drug-likeness (QED) is 0.610. The van der Waals surface area contributed by atoms with Gasteiger partial charge in [0, 0.05) is 19.2 Å². The summed E-state index contributed by atoms with van der Waals surface area (Å²) >= 11 is 0. The van der Waals surface area contributed by atoms with Gasteiger partial charge in [0.05, 0.1) is 13.2 Å². The van der Waals surface area contributed by atoms with E-state index in [9.17, 15) is 9.59 Å². The summed E-state index contributed by atoms with van der Waals surface area (Å²) in [5.74, 6) is -0.197. The summed E-state index contributed by atoms with van der Waals surface area (Å²) in [4.78, 5) is 23.2. The Bertz CT molecular complexity index is 564. The van der Waals surface area contributed by atoms with E-state index in [4.69, 9.17) is 14.2 Å². The largest absolute Gasteiger partial charge is 0.497 e. The van der Waals surface area contributed by atoms with Crippen molar-refractivity contribution in [1.82, 2.24) is 5.32 Å². The summed E-state index contributed by atoms with van der Waals surface area (Å²) in [6.07, 6.45) is 4.92. The molecular formula is C17H21NO5. The van der Waals surface area contributed by atoms with E-state index in [-0.39, 0.29) is 18.6 Å². The number of esters is 1. The summed E-state index contributed by atoms with van der Waals surface area (Å²) in [5, 5.41) is 2.69. The number of amides is 1. The van der Waals surface area contributed by atoms with Gasteiger partial charge in [-0.2, -0.15) is 0 Å². The minimum absolute atomic E-state index is 0.0719. The minimum atomic E-state index is -0.569. The third-order valence-corrected chi connectivity index (χ3v) is 3.40. The summed E-state index contributed by atoms with van der Waals surface area (Å²) in [7, 11) is 1.58. The maximum absolute atomic E-state index is 11.6. The van der Waals surface area contributed by atoms with E-state index in [1.807, 2.05) is 18.2 Å². The Morgan fingerprint density at radius 1 is 1.43 bits per heavy atom. The third kappa shape index (κ3) is 6.12. The third-order valence-electron chi connectivity index (χ3n) is 3.40. The zero-order valence-corrected chi connectivity index (χ0v) is 13.1. The summed E-state index contributed by atoms with van der Waals surface area (Å²) in [5.41, 5.74) is 0.809. The Morgan fingerprint density at radius 3 is 3.04 bits per heavy atom. The SMILES string of the molecule is COc1cccc(/C=C/C(=O)OCC(=O)NC[C@H]2CCCO2)c1. The van der Waals surface area contributed by atoms with Crippen LogP contribution in [0.15, 0.2) is 30.3 Å². The van der Waals surface area contributed by atoms with Gasteiger partial charge in [-0.25, -0.2) is 4.79 Å². The molecule has 0 aromatic heterocycles. The fourth-order valence-corrected chi connectivity index (χ4v) is 2.18. The molecule has 124 valence electrons. The van der Waals surface area contributed by atoms with Gasteiger partial charge in [0.1, 0.15) is 5.75 Å². The zero-order chi connectivity index (χ0) is 16.5. The number of carbonyl (C=O) groups is 2. The van der Waals surface area contributed by atoms with Crippen LogP contribution in [0.3, 0.4) is 0 Å². The lowest BCUT2D eigenvalue weighted by molar-refractivity contribution is -0.143. The van der Waals surface area contributed by atoms with Crippen LogP contribution in [0, 0.1) is 0 Å². The molecule has 6 heteroatoms. The molecule has 0 radical (unpaired) electrons. The van der Waals surface area contributed by atoms with Crippen LogP contribution >= 0.6 is 0 Å². The van der Waals surface area contributed by atoms with Gasteiger partial charge in [0.15, 0.2) is 6.61 Å². The van der Waals surface area contributed by atoms with E-state index in [0.29, 0.717) is 12.3 Å². The van der Waals surface area contributed by atoms with E-state index >= 15 is 0 Å². The van der Waals surface area contributed by atoms with Gasteiger partial charge >= 0.3 is 5.97 Å². The monoisotopic (exact) mass is 319 g/mol. The number of rotatable bonds is 7. The molecule has 1 amide bonds. The molecule has 1 aliphatic rings. The highest BCUT2D eigenvalue weighted by atomic mass is 16.5. The lowest BCUT2D eigenvalue weighted by atomic mass is 10.2. The average molecular weight is 319 g/mol. The van der Waals surface area contributed by atoms with Crippen LogP contribution in [-0.4, -0.2) is 44.8 Å². The van der Waals surface area contributed by atoms with Crippen molar-refractivity contribution in [2.45, 2.75) is 18.9 Å². The number of ether oxygens (including phenoxy) is 3. The Hall–Kier alpha value is -2.34. The lowest BCUT2D eigenvalue weighted by Gasteiger charge is -2.10. The Balaban J connectivity index is 1.69. The van der Waals surface area contributed by atoms with E-state index in [2.05, 4.69) is 5.32 Å². The lowest BCUT2D eigenvalue weighted by Crippen LogP contribution is -2.34. The normalized spacial score (nSPS) is 17.2. The minimum Gasteiger partial charge on any atom is -0.497 e. The molecule has 0 saturated carbocycles. The van der Waals surface area contributed by atoms with Crippen LogP contribution in [0.1, 0.15) is 18.4 Å². The van der Waals surface area contributed by atoms with Crippen LogP contribution in [0.5, 0.6) is 5.75 Å². The first-order valence-corrected chi connectivity index (χ1v) is 7.54. The topological polar surface area (TPSA) is 73.9 Å². The highest BCUT2D eigenvalue weighted by molar-refractivity contribution is 5.89. The molecular weight excluding hydrogens is 298 g/mol. The van der Waals surface area contributed by atoms with Crippen molar-refractivity contribution in [1.29, 1.82) is 0 Å². The van der Waals surface area contributed by atoms with Crippen molar-refractivity contribution < 1.29 is 23.8 Å². The Morgan fingerprint density at radius 2 is 2.30 bits per heavy atom. The van der Waals surface area contributed by atoms with Crippen LogP contribution in [0.2, 0.25) is 0 Å². The van der Waals surface area contributed by atoms with Crippen molar-refractivity contribution in [2.24, 2.45) is 0 Å². The molecule has 0 aliphatic carbocycles. The molecule has 6 nitrogen and oxygen atoms in total. The van der Waals surface area contributed by atoms with Gasteiger partial charge in [-0.15, -0.1) is 0 Å². The second-order valence-electron chi connectivity index (χ2n) is 5.16. The average Bonchev–Trinajstić information content (AvgIpc) is 3.10. The molecule has 2 rings (SSSR count). The summed E-state index contributed by atoms with van der Waals surface area (Å²) in [6.45, 7) is 0.897. The van der Waals surface area contributed by atoms with Gasteiger partial charge in [-0.1, -0.05) is 12.1 Å². The second-order valence-corrected chi connectivity index (χ2v) is 5.16. The van der Waals surface area contributed by atoms with Crippen LogP contribution in [0.4, 0.5) is 0 Å². The fourth-order valence-electron chi connectivity index (χ4n) is 2.18. The van der Waals surface area contributed by atoms with Crippen molar-refractivity contribution in [3.05, 3.63) is 35.9 Å². The maximum Gasteiger partial charge on any atom is 0.331 e. The molecule has 23 heavy (non-hydrogen) atoms. The smallest absolute Gasteiger partial charge is 0.331 e. The van der Waals surface area contributed by atoms with Crippen molar-refractivity contribution in [2.75, 3.05) is 26.9 Å². The fraction of sp³-hybridized carbons (Fsp3) is 0.412. The summed E-state index contributed by atoms with van der Waals surface area (Å²) in [6, 6.07) is 7.26. The van der Waals surface area contributed by atoms with Gasteiger partial charge in [0.2, 0.25) is 0 Å². The number of methoxy groups -OCH3 is 1. The number of nitrogens with one attached hydrogen (secondary N) is 1. The molecule has 0 bridgehead atoms. The standard InChI is InChI=1S/C17H21NO5/c1-21-14-5-2-4-13(10-14)7-8-17(20)23-12-16(19)18-11-15-6-3-9-22-15/h2,4-5,7-8,10,15H,3,6,9,11-12H2,1H3,(H,18,19)/b8-7+/t15-/m1/s1. The predicted molar refractivity (Wildman–Crippen MR) is 85.0 cm³/mol. The highest BCUT2D eigenvalue weighted by Crippen LogP contribution is 2.13. The van der Waals surface area contributed by atoms with Crippen LogP contribution < -0.4 is 10.1 Å². The molecule has 0 spiro atoms. The molecule has 1 aliphatic heterocycles. The maximum atomic E-state index is 11.6. The first-order valence-electron chi connectivity index (χ1n) is 7.54. The number of hydrogen-bond donors (Lipinski definition) is 1. The predicted octanol–water partition coefficient (Wildman–Crippen LogP) is 1.55. The Kier molecular flexibility index (Phi) is 6.62. The van der Waals surface area contributed by atoms with Gasteiger partial charge < -0.3 is 19.5 Å². The van der Waals surface area contributed by atoms with E-state index in [1.54, 1.807) is 19.3 Å². The van der Waals surface area contributed by atoms with Crippen LogP contribution in [0.25, 0.3) is 6.08 Å². The van der Waals surface area contributed by atoms with Gasteiger partial charge in [-0.3, -0.25) is 4.79 Å². The number of hydrogen-bond acceptors (Lipinski definition) is 5.